The van der Waals surface area contributed by atoms with Crippen LogP contribution in [0.1, 0.15) is 15.9 Å². The van der Waals surface area contributed by atoms with Crippen molar-refractivity contribution in [2.75, 3.05) is 50.6 Å². The summed E-state index contributed by atoms with van der Waals surface area (Å²) in [5, 5.41) is 7.22. The van der Waals surface area contributed by atoms with Crippen molar-refractivity contribution in [2.24, 2.45) is 0 Å². The zero-order valence-electron chi connectivity index (χ0n) is 18.5. The van der Waals surface area contributed by atoms with E-state index in [1.165, 1.54) is 26.2 Å². The first kappa shape index (κ1) is 22.9. The van der Waals surface area contributed by atoms with E-state index in [2.05, 4.69) is 15.4 Å². The fourth-order valence-electron chi connectivity index (χ4n) is 3.52. The molecule has 1 amide bonds. The lowest BCUT2D eigenvalue weighted by molar-refractivity contribution is 0.102. The summed E-state index contributed by atoms with van der Waals surface area (Å²) in [7, 11) is -0.781. The van der Waals surface area contributed by atoms with Gasteiger partial charge in [0.1, 0.15) is 0 Å². The molecule has 1 N–H and O–H groups in total. The van der Waals surface area contributed by atoms with Crippen LogP contribution in [0, 0.1) is 0 Å². The number of rotatable bonds is 7. The molecule has 2 aromatic heterocycles. The molecule has 0 atom stereocenters. The van der Waals surface area contributed by atoms with E-state index in [9.17, 15) is 13.2 Å². The third-order valence-corrected chi connectivity index (χ3v) is 7.13. The molecule has 1 fully saturated rings. The molecule has 174 valence electrons. The summed E-state index contributed by atoms with van der Waals surface area (Å²) in [5.74, 6) is -0.0516. The first-order chi connectivity index (χ1) is 15.8. The Morgan fingerprint density at radius 2 is 1.85 bits per heavy atom. The maximum absolute atomic E-state index is 13.3. The van der Waals surface area contributed by atoms with E-state index < -0.39 is 15.9 Å². The van der Waals surface area contributed by atoms with Crippen LogP contribution in [0.25, 0.3) is 0 Å². The first-order valence-electron chi connectivity index (χ1n) is 10.5. The number of anilines is 2. The molecule has 1 aromatic carbocycles. The second kappa shape index (κ2) is 9.69. The van der Waals surface area contributed by atoms with E-state index >= 15 is 0 Å². The van der Waals surface area contributed by atoms with E-state index in [-0.39, 0.29) is 10.5 Å². The number of sulfonamides is 1. The summed E-state index contributed by atoms with van der Waals surface area (Å²) in [5.41, 5.74) is 1.95. The standard InChI is InChI=1S/C22H26N6O4S/c1-26(2)33(30,31)18-3-4-20(27-11-13-32-14-12-27)19(15-18)22(29)24-21-7-10-28(25-21)16-17-5-8-23-9-6-17/h3-10,15H,11-14,16H2,1-2H3,(H,24,25,29). The number of hydrogen-bond acceptors (Lipinski definition) is 7. The first-order valence-corrected chi connectivity index (χ1v) is 11.9. The third kappa shape index (κ3) is 5.21. The van der Waals surface area contributed by atoms with Gasteiger partial charge in [-0.1, -0.05) is 0 Å². The Bertz CT molecular complexity index is 1220. The molecule has 3 heterocycles. The van der Waals surface area contributed by atoms with Crippen molar-refractivity contribution in [2.45, 2.75) is 11.4 Å². The van der Waals surface area contributed by atoms with Crippen LogP contribution in [-0.4, -0.2) is 73.8 Å². The number of hydrogen-bond donors (Lipinski definition) is 1. The highest BCUT2D eigenvalue weighted by atomic mass is 32.2. The predicted molar refractivity (Wildman–Crippen MR) is 124 cm³/mol. The maximum atomic E-state index is 13.3. The number of carbonyl (C=O) groups is 1. The highest BCUT2D eigenvalue weighted by Gasteiger charge is 2.24. The number of morpholine rings is 1. The van der Waals surface area contributed by atoms with Crippen molar-refractivity contribution in [1.82, 2.24) is 19.1 Å². The lowest BCUT2D eigenvalue weighted by Crippen LogP contribution is -2.37. The van der Waals surface area contributed by atoms with Gasteiger partial charge in [-0.25, -0.2) is 12.7 Å². The number of pyridine rings is 1. The average Bonchev–Trinajstić information content (AvgIpc) is 3.26. The van der Waals surface area contributed by atoms with Crippen molar-refractivity contribution in [3.63, 3.8) is 0 Å². The SMILES string of the molecule is CN(C)S(=O)(=O)c1ccc(N2CCOCC2)c(C(=O)Nc2ccn(Cc3ccncc3)n2)c1. The van der Waals surface area contributed by atoms with Crippen molar-refractivity contribution >= 4 is 27.4 Å². The summed E-state index contributed by atoms with van der Waals surface area (Å²) in [4.78, 5) is 19.3. The van der Waals surface area contributed by atoms with Gasteiger partial charge < -0.3 is 15.0 Å². The van der Waals surface area contributed by atoms with Crippen LogP contribution in [0.2, 0.25) is 0 Å². The van der Waals surface area contributed by atoms with Gasteiger partial charge in [0.2, 0.25) is 10.0 Å². The number of nitrogens with one attached hydrogen (secondary N) is 1. The molecule has 0 aliphatic carbocycles. The molecule has 1 aliphatic heterocycles. The van der Waals surface area contributed by atoms with E-state index in [1.807, 2.05) is 17.0 Å². The number of aromatic nitrogens is 3. The summed E-state index contributed by atoms with van der Waals surface area (Å²) in [6.45, 7) is 2.84. The molecule has 0 unspecified atom stereocenters. The van der Waals surface area contributed by atoms with E-state index in [1.54, 1.807) is 35.4 Å². The molecule has 1 aliphatic rings. The van der Waals surface area contributed by atoms with Crippen LogP contribution >= 0.6 is 0 Å². The Balaban J connectivity index is 1.61. The van der Waals surface area contributed by atoms with Crippen molar-refractivity contribution in [3.8, 4) is 0 Å². The Hall–Kier alpha value is -3.28. The van der Waals surface area contributed by atoms with Crippen LogP contribution in [-0.2, 0) is 21.3 Å². The largest absolute Gasteiger partial charge is 0.378 e. The quantitative estimate of drug-likeness (QED) is 0.559. The third-order valence-electron chi connectivity index (χ3n) is 5.32. The molecule has 33 heavy (non-hydrogen) atoms. The molecule has 0 saturated carbocycles. The summed E-state index contributed by atoms with van der Waals surface area (Å²) >= 11 is 0. The Morgan fingerprint density at radius 1 is 1.12 bits per heavy atom. The number of carbonyl (C=O) groups excluding carboxylic acids is 1. The second-order valence-electron chi connectivity index (χ2n) is 7.77. The van der Waals surface area contributed by atoms with Crippen LogP contribution in [0.4, 0.5) is 11.5 Å². The van der Waals surface area contributed by atoms with E-state index in [4.69, 9.17) is 4.74 Å². The van der Waals surface area contributed by atoms with Gasteiger partial charge in [0.15, 0.2) is 5.82 Å². The fraction of sp³-hybridized carbons (Fsp3) is 0.318. The molecule has 0 spiro atoms. The molecule has 0 radical (unpaired) electrons. The van der Waals surface area contributed by atoms with Crippen LogP contribution in [0.15, 0.2) is 59.9 Å². The minimum atomic E-state index is -3.70. The van der Waals surface area contributed by atoms with Crippen molar-refractivity contribution < 1.29 is 17.9 Å². The average molecular weight is 471 g/mol. The molecular formula is C22H26N6O4S. The summed E-state index contributed by atoms with van der Waals surface area (Å²) in [6, 6.07) is 10.1. The van der Waals surface area contributed by atoms with Crippen molar-refractivity contribution in [1.29, 1.82) is 0 Å². The normalized spacial score (nSPS) is 14.5. The molecule has 10 nitrogen and oxygen atoms in total. The molecular weight excluding hydrogens is 444 g/mol. The maximum Gasteiger partial charge on any atom is 0.259 e. The fourth-order valence-corrected chi connectivity index (χ4v) is 4.45. The van der Waals surface area contributed by atoms with Gasteiger partial charge in [-0.3, -0.25) is 14.5 Å². The van der Waals surface area contributed by atoms with Gasteiger partial charge in [0.25, 0.3) is 5.91 Å². The molecule has 1 saturated heterocycles. The highest BCUT2D eigenvalue weighted by molar-refractivity contribution is 7.89. The minimum Gasteiger partial charge on any atom is -0.378 e. The number of nitrogens with zero attached hydrogens (tertiary/aromatic N) is 5. The smallest absolute Gasteiger partial charge is 0.259 e. The molecule has 11 heteroatoms. The number of ether oxygens (including phenoxy) is 1. The van der Waals surface area contributed by atoms with Gasteiger partial charge in [-0.2, -0.15) is 5.10 Å². The Morgan fingerprint density at radius 3 is 2.55 bits per heavy atom. The van der Waals surface area contributed by atoms with E-state index in [0.717, 1.165) is 9.87 Å². The molecule has 0 bridgehead atoms. The molecule has 3 aromatic rings. The number of amides is 1. The topological polar surface area (TPSA) is 110 Å². The van der Waals surface area contributed by atoms with Gasteiger partial charge in [-0.05, 0) is 35.9 Å². The summed E-state index contributed by atoms with van der Waals surface area (Å²) in [6.07, 6.45) is 5.19. The van der Waals surface area contributed by atoms with Crippen LogP contribution in [0.3, 0.4) is 0 Å². The minimum absolute atomic E-state index is 0.0536. The number of benzene rings is 1. The predicted octanol–water partition coefficient (Wildman–Crippen LogP) is 1.67. The van der Waals surface area contributed by atoms with Gasteiger partial charge in [0, 0.05) is 57.5 Å². The lowest BCUT2D eigenvalue weighted by atomic mass is 10.1. The zero-order chi connectivity index (χ0) is 23.4. The molecule has 4 rings (SSSR count). The van der Waals surface area contributed by atoms with Crippen molar-refractivity contribution in [3.05, 3.63) is 66.1 Å². The van der Waals surface area contributed by atoms with Gasteiger partial charge in [0.05, 0.1) is 30.2 Å². The Kier molecular flexibility index (Phi) is 6.72. The highest BCUT2D eigenvalue weighted by Crippen LogP contribution is 2.27. The monoisotopic (exact) mass is 470 g/mol. The van der Waals surface area contributed by atoms with E-state index in [0.29, 0.717) is 44.4 Å². The Labute approximate surface area is 192 Å². The second-order valence-corrected chi connectivity index (χ2v) is 9.93. The van der Waals surface area contributed by atoms with Gasteiger partial charge in [-0.15, -0.1) is 0 Å². The van der Waals surface area contributed by atoms with Crippen LogP contribution < -0.4 is 10.2 Å². The zero-order valence-corrected chi connectivity index (χ0v) is 19.3. The van der Waals surface area contributed by atoms with Gasteiger partial charge >= 0.3 is 0 Å². The van der Waals surface area contributed by atoms with Crippen LogP contribution in [0.5, 0.6) is 0 Å². The summed E-state index contributed by atoms with van der Waals surface area (Å²) < 4.78 is 33.6. The lowest BCUT2D eigenvalue weighted by Gasteiger charge is -2.30.